The molecule has 2 aromatic carbocycles. The van der Waals surface area contributed by atoms with E-state index in [4.69, 9.17) is 0 Å². The summed E-state index contributed by atoms with van der Waals surface area (Å²) in [7, 11) is 0. The van der Waals surface area contributed by atoms with Crippen LogP contribution in [0, 0.1) is 0 Å². The lowest BCUT2D eigenvalue weighted by molar-refractivity contribution is 0.0673. The van der Waals surface area contributed by atoms with Crippen LogP contribution in [0.5, 0.6) is 0 Å². The molecule has 0 spiro atoms. The number of hydrogen-bond acceptors (Lipinski definition) is 2. The monoisotopic (exact) mass is 273 g/mol. The van der Waals surface area contributed by atoms with Crippen molar-refractivity contribution in [3.63, 3.8) is 0 Å². The van der Waals surface area contributed by atoms with Gasteiger partial charge in [-0.25, -0.2) is 4.98 Å². The molecule has 1 aromatic heterocycles. The second kappa shape index (κ2) is 5.28. The van der Waals surface area contributed by atoms with Gasteiger partial charge in [0, 0.05) is 23.5 Å². The number of anilines is 1. The van der Waals surface area contributed by atoms with E-state index in [0.717, 1.165) is 21.0 Å². The number of halogens is 2. The van der Waals surface area contributed by atoms with Gasteiger partial charge in [0.15, 0.2) is 0 Å². The van der Waals surface area contributed by atoms with Crippen LogP contribution < -0.4 is 5.32 Å². The van der Waals surface area contributed by atoms with E-state index in [2.05, 4.69) is 10.3 Å². The van der Waals surface area contributed by atoms with Crippen LogP contribution in [0.15, 0.2) is 54.9 Å². The highest BCUT2D eigenvalue weighted by molar-refractivity contribution is 5.93. The number of fused-ring (bicyclic) bond motifs is 1. The standard InChI is InChI=1S/C15H13F2N3/c16-15(17)20-9-8-18-14(20)10-19-13-7-3-5-11-4-1-2-6-12(11)13/h1-9,15,19H,10H2. The molecule has 0 amide bonds. The molecule has 0 bridgehead atoms. The molecule has 3 rings (SSSR count). The van der Waals surface area contributed by atoms with Crippen molar-refractivity contribution in [3.8, 4) is 0 Å². The summed E-state index contributed by atoms with van der Waals surface area (Å²) in [6.45, 7) is -2.31. The zero-order valence-electron chi connectivity index (χ0n) is 10.6. The lowest BCUT2D eigenvalue weighted by Crippen LogP contribution is -2.09. The highest BCUT2D eigenvalue weighted by Crippen LogP contribution is 2.23. The second-order valence-corrected chi connectivity index (χ2v) is 4.41. The number of nitrogens with zero attached hydrogens (tertiary/aromatic N) is 2. The van der Waals surface area contributed by atoms with Crippen LogP contribution in [0.2, 0.25) is 0 Å². The number of alkyl halides is 2. The van der Waals surface area contributed by atoms with Gasteiger partial charge in [-0.05, 0) is 11.5 Å². The third-order valence-corrected chi connectivity index (χ3v) is 3.19. The predicted octanol–water partition coefficient (Wildman–Crippen LogP) is 4.04. The van der Waals surface area contributed by atoms with E-state index in [1.807, 2.05) is 42.5 Å². The van der Waals surface area contributed by atoms with Gasteiger partial charge in [-0.2, -0.15) is 8.78 Å². The van der Waals surface area contributed by atoms with Gasteiger partial charge < -0.3 is 5.32 Å². The van der Waals surface area contributed by atoms with Crippen molar-refractivity contribution in [1.82, 2.24) is 9.55 Å². The molecule has 0 unspecified atom stereocenters. The van der Waals surface area contributed by atoms with Gasteiger partial charge in [0.1, 0.15) is 5.82 Å². The van der Waals surface area contributed by atoms with Gasteiger partial charge in [0.25, 0.3) is 0 Å². The maximum Gasteiger partial charge on any atom is 0.319 e. The molecule has 102 valence electrons. The molecule has 0 aliphatic rings. The molecule has 3 aromatic rings. The largest absolute Gasteiger partial charge is 0.377 e. The molecule has 5 heteroatoms. The SMILES string of the molecule is FC(F)n1ccnc1CNc1cccc2ccccc12. The van der Waals surface area contributed by atoms with E-state index in [-0.39, 0.29) is 6.54 Å². The van der Waals surface area contributed by atoms with Crippen molar-refractivity contribution >= 4 is 16.5 Å². The minimum atomic E-state index is -2.57. The van der Waals surface area contributed by atoms with E-state index >= 15 is 0 Å². The average Bonchev–Trinajstić information content (AvgIpc) is 2.93. The lowest BCUT2D eigenvalue weighted by Gasteiger charge is -2.11. The Balaban J connectivity index is 1.85. The zero-order valence-corrected chi connectivity index (χ0v) is 10.6. The average molecular weight is 273 g/mol. The molecule has 0 saturated heterocycles. The van der Waals surface area contributed by atoms with Crippen LogP contribution in [-0.2, 0) is 6.54 Å². The smallest absolute Gasteiger partial charge is 0.319 e. The van der Waals surface area contributed by atoms with E-state index in [1.165, 1.54) is 12.4 Å². The van der Waals surface area contributed by atoms with Crippen LogP contribution in [-0.4, -0.2) is 9.55 Å². The second-order valence-electron chi connectivity index (χ2n) is 4.41. The van der Waals surface area contributed by atoms with Crippen LogP contribution in [0.3, 0.4) is 0 Å². The lowest BCUT2D eigenvalue weighted by atomic mass is 10.1. The zero-order chi connectivity index (χ0) is 13.9. The summed E-state index contributed by atoms with van der Waals surface area (Å²) in [5.41, 5.74) is 0.909. The highest BCUT2D eigenvalue weighted by atomic mass is 19.3. The molecule has 1 heterocycles. The first kappa shape index (κ1) is 12.6. The molecular weight excluding hydrogens is 260 g/mol. The van der Waals surface area contributed by atoms with Gasteiger partial charge in [-0.15, -0.1) is 0 Å². The fourth-order valence-electron chi connectivity index (χ4n) is 2.21. The van der Waals surface area contributed by atoms with E-state index in [9.17, 15) is 8.78 Å². The maximum absolute atomic E-state index is 12.7. The number of hydrogen-bond donors (Lipinski definition) is 1. The van der Waals surface area contributed by atoms with Gasteiger partial charge in [-0.1, -0.05) is 36.4 Å². The van der Waals surface area contributed by atoms with Crippen LogP contribution in [0.1, 0.15) is 12.4 Å². The molecule has 0 atom stereocenters. The third-order valence-electron chi connectivity index (χ3n) is 3.19. The molecule has 3 nitrogen and oxygen atoms in total. The normalized spacial score (nSPS) is 11.2. The summed E-state index contributed by atoms with van der Waals surface area (Å²) >= 11 is 0. The quantitative estimate of drug-likeness (QED) is 0.777. The van der Waals surface area contributed by atoms with E-state index < -0.39 is 6.55 Å². The number of nitrogens with one attached hydrogen (secondary N) is 1. The Morgan fingerprint density at radius 1 is 1.10 bits per heavy atom. The predicted molar refractivity (Wildman–Crippen MR) is 74.8 cm³/mol. The van der Waals surface area contributed by atoms with Crippen molar-refractivity contribution in [1.29, 1.82) is 0 Å². The Morgan fingerprint density at radius 3 is 2.75 bits per heavy atom. The van der Waals surface area contributed by atoms with Crippen molar-refractivity contribution < 1.29 is 8.78 Å². The van der Waals surface area contributed by atoms with Gasteiger partial charge in [0.05, 0.1) is 6.54 Å². The summed E-state index contributed by atoms with van der Waals surface area (Å²) in [5, 5.41) is 5.34. The van der Waals surface area contributed by atoms with Gasteiger partial charge >= 0.3 is 6.55 Å². The first-order valence-electron chi connectivity index (χ1n) is 6.27. The van der Waals surface area contributed by atoms with Crippen LogP contribution in [0.4, 0.5) is 14.5 Å². The molecule has 0 aliphatic carbocycles. The molecule has 0 aliphatic heterocycles. The summed E-state index contributed by atoms with van der Waals surface area (Å²) in [6, 6.07) is 13.8. The summed E-state index contributed by atoms with van der Waals surface area (Å²) in [4.78, 5) is 3.95. The molecule has 1 N–H and O–H groups in total. The Morgan fingerprint density at radius 2 is 1.90 bits per heavy atom. The fraction of sp³-hybridized carbons (Fsp3) is 0.133. The van der Waals surface area contributed by atoms with Gasteiger partial charge in [0.2, 0.25) is 0 Å². The number of benzene rings is 2. The first-order chi connectivity index (χ1) is 9.75. The van der Waals surface area contributed by atoms with Crippen molar-refractivity contribution in [2.45, 2.75) is 13.1 Å². The Hall–Kier alpha value is -2.43. The summed E-state index contributed by atoms with van der Waals surface area (Å²) < 4.78 is 26.3. The van der Waals surface area contributed by atoms with Crippen LogP contribution in [0.25, 0.3) is 10.8 Å². The highest BCUT2D eigenvalue weighted by Gasteiger charge is 2.11. The molecule has 20 heavy (non-hydrogen) atoms. The van der Waals surface area contributed by atoms with Crippen molar-refractivity contribution in [2.24, 2.45) is 0 Å². The number of imidazole rings is 1. The Kier molecular flexibility index (Phi) is 3.33. The Labute approximate surface area is 114 Å². The first-order valence-corrected chi connectivity index (χ1v) is 6.27. The van der Waals surface area contributed by atoms with Crippen molar-refractivity contribution in [3.05, 3.63) is 60.7 Å². The Bertz CT molecular complexity index is 716. The maximum atomic E-state index is 12.7. The molecule has 0 saturated carbocycles. The molecule has 0 fully saturated rings. The minimum Gasteiger partial charge on any atom is -0.377 e. The number of rotatable bonds is 4. The van der Waals surface area contributed by atoms with Gasteiger partial charge in [-0.3, -0.25) is 4.57 Å². The fourth-order valence-corrected chi connectivity index (χ4v) is 2.21. The van der Waals surface area contributed by atoms with Crippen LogP contribution >= 0.6 is 0 Å². The molecule has 0 radical (unpaired) electrons. The topological polar surface area (TPSA) is 29.9 Å². The molecular formula is C15H13F2N3. The summed E-state index contributed by atoms with van der Waals surface area (Å²) in [6.07, 6.45) is 2.66. The summed E-state index contributed by atoms with van der Waals surface area (Å²) in [5.74, 6) is 0.313. The third kappa shape index (κ3) is 2.34. The van der Waals surface area contributed by atoms with Crippen molar-refractivity contribution in [2.75, 3.05) is 5.32 Å². The minimum absolute atomic E-state index is 0.255. The number of aromatic nitrogens is 2. The van der Waals surface area contributed by atoms with E-state index in [0.29, 0.717) is 5.82 Å². The van der Waals surface area contributed by atoms with E-state index in [1.54, 1.807) is 0 Å².